The molecule has 4 aromatic rings. The Labute approximate surface area is 226 Å². The summed E-state index contributed by atoms with van der Waals surface area (Å²) >= 11 is 6.22. The fourth-order valence-electron chi connectivity index (χ4n) is 5.27. The fraction of sp³-hybridized carbons (Fsp3) is 0.385. The molecule has 1 saturated carbocycles. The molecule has 2 heterocycles. The van der Waals surface area contributed by atoms with Gasteiger partial charge in [0.2, 0.25) is 5.28 Å². The molecule has 0 aliphatic heterocycles. The number of anilines is 1. The maximum Gasteiger partial charge on any atom is 0.471 e. The Balaban J connectivity index is 1.44. The van der Waals surface area contributed by atoms with Crippen LogP contribution in [0, 0.1) is 0 Å². The number of imidazole rings is 1. The third kappa shape index (κ3) is 5.11. The summed E-state index contributed by atoms with van der Waals surface area (Å²) in [5.41, 5.74) is 1.58. The zero-order valence-electron chi connectivity index (χ0n) is 20.8. The predicted molar refractivity (Wildman–Crippen MR) is 139 cm³/mol. The third-order valence-electron chi connectivity index (χ3n) is 7.07. The highest BCUT2D eigenvalue weighted by molar-refractivity contribution is 6.28. The van der Waals surface area contributed by atoms with Crippen LogP contribution in [0.15, 0.2) is 48.8 Å². The Hall–Kier alpha value is -3.48. The van der Waals surface area contributed by atoms with Crippen molar-refractivity contribution in [2.75, 3.05) is 11.9 Å². The lowest BCUT2D eigenvalue weighted by atomic mass is 10.0. The standard InChI is InChI=1S/C26H26ClF3N6O3/c1-2-10-35(24(39)26(28,29)30)17-11-18(21(38)20(17)37)36-13-32-19-22(33-25(27)34-23(19)36)31-12-15-8-5-7-14-6-3-4-9-16(14)15/h3-9,13,17-18,20-21,37-38H,2,10-12H2,1H3,(H,31,33,34)/t17-,18+,20+,21-/m0/s1. The number of aliphatic hydroxyl groups is 2. The summed E-state index contributed by atoms with van der Waals surface area (Å²) in [7, 11) is 0. The number of alkyl halides is 3. The summed E-state index contributed by atoms with van der Waals surface area (Å²) in [5.74, 6) is -1.72. The van der Waals surface area contributed by atoms with Gasteiger partial charge >= 0.3 is 12.1 Å². The Bertz CT molecular complexity index is 1510. The van der Waals surface area contributed by atoms with Crippen LogP contribution < -0.4 is 5.32 Å². The number of carbonyl (C=O) groups excluding carboxylic acids is 1. The van der Waals surface area contributed by atoms with E-state index in [0.717, 1.165) is 16.3 Å². The highest BCUT2D eigenvalue weighted by Crippen LogP contribution is 2.38. The van der Waals surface area contributed by atoms with Crippen LogP contribution in [0.1, 0.15) is 31.4 Å². The van der Waals surface area contributed by atoms with Gasteiger partial charge in [-0.1, -0.05) is 49.4 Å². The van der Waals surface area contributed by atoms with Crippen molar-refractivity contribution in [1.29, 1.82) is 0 Å². The minimum absolute atomic E-state index is 0.103. The molecule has 13 heteroatoms. The summed E-state index contributed by atoms with van der Waals surface area (Å²) in [6.45, 7) is 1.80. The smallest absolute Gasteiger partial charge is 0.388 e. The molecule has 2 aromatic carbocycles. The van der Waals surface area contributed by atoms with Gasteiger partial charge in [-0.15, -0.1) is 0 Å². The lowest BCUT2D eigenvalue weighted by Gasteiger charge is -2.31. The molecule has 5 rings (SSSR count). The van der Waals surface area contributed by atoms with E-state index in [9.17, 15) is 28.2 Å². The first-order valence-electron chi connectivity index (χ1n) is 12.4. The topological polar surface area (TPSA) is 116 Å². The van der Waals surface area contributed by atoms with Gasteiger partial charge in [0.1, 0.15) is 12.2 Å². The van der Waals surface area contributed by atoms with Crippen molar-refractivity contribution in [3.8, 4) is 0 Å². The minimum Gasteiger partial charge on any atom is -0.388 e. The number of hydrogen-bond acceptors (Lipinski definition) is 7. The van der Waals surface area contributed by atoms with E-state index in [1.807, 2.05) is 42.5 Å². The van der Waals surface area contributed by atoms with Crippen molar-refractivity contribution in [1.82, 2.24) is 24.4 Å². The fourth-order valence-corrected chi connectivity index (χ4v) is 5.44. The molecule has 1 amide bonds. The SMILES string of the molecule is CCCN(C(=O)C(F)(F)F)[C@H]1C[C@@H](n2cnc3c(NCc4cccc5ccccc45)nc(Cl)nc32)[C@H](O)[C@@H]1O. The molecule has 2 aromatic heterocycles. The number of amides is 1. The molecule has 4 atom stereocenters. The molecule has 0 saturated heterocycles. The van der Waals surface area contributed by atoms with E-state index in [1.54, 1.807) is 6.92 Å². The highest BCUT2D eigenvalue weighted by Gasteiger charge is 2.51. The van der Waals surface area contributed by atoms with Crippen molar-refractivity contribution >= 4 is 45.3 Å². The lowest BCUT2D eigenvalue weighted by Crippen LogP contribution is -2.51. The maximum absolute atomic E-state index is 13.3. The summed E-state index contributed by atoms with van der Waals surface area (Å²) < 4.78 is 41.2. The molecule has 206 valence electrons. The summed E-state index contributed by atoms with van der Waals surface area (Å²) in [6, 6.07) is 11.7. The van der Waals surface area contributed by atoms with Crippen LogP contribution in [-0.2, 0) is 11.3 Å². The van der Waals surface area contributed by atoms with E-state index in [-0.39, 0.29) is 30.3 Å². The van der Waals surface area contributed by atoms with Crippen LogP contribution in [0.4, 0.5) is 19.0 Å². The average Bonchev–Trinajstić information content (AvgIpc) is 3.45. The molecular weight excluding hydrogens is 537 g/mol. The zero-order valence-corrected chi connectivity index (χ0v) is 21.6. The number of rotatable bonds is 7. The number of benzene rings is 2. The van der Waals surface area contributed by atoms with Gasteiger partial charge in [-0.2, -0.15) is 23.1 Å². The van der Waals surface area contributed by atoms with Gasteiger partial charge in [0.25, 0.3) is 0 Å². The van der Waals surface area contributed by atoms with Gasteiger partial charge < -0.3 is 25.0 Å². The first-order chi connectivity index (χ1) is 18.6. The molecule has 0 radical (unpaired) electrons. The van der Waals surface area contributed by atoms with Gasteiger partial charge in [-0.05, 0) is 40.8 Å². The highest BCUT2D eigenvalue weighted by atomic mass is 35.5. The lowest BCUT2D eigenvalue weighted by molar-refractivity contribution is -0.190. The van der Waals surface area contributed by atoms with Crippen LogP contribution in [0.5, 0.6) is 0 Å². The second kappa shape index (κ2) is 10.6. The van der Waals surface area contributed by atoms with Gasteiger partial charge in [0.15, 0.2) is 17.0 Å². The van der Waals surface area contributed by atoms with Gasteiger partial charge in [-0.25, -0.2) is 4.98 Å². The number of aliphatic hydroxyl groups excluding tert-OH is 2. The number of fused-ring (bicyclic) bond motifs is 2. The molecule has 39 heavy (non-hydrogen) atoms. The summed E-state index contributed by atoms with van der Waals surface area (Å²) in [4.78, 5) is 25.6. The maximum atomic E-state index is 13.3. The summed E-state index contributed by atoms with van der Waals surface area (Å²) in [6.07, 6.45) is -6.72. The number of nitrogens with zero attached hydrogens (tertiary/aromatic N) is 5. The average molecular weight is 563 g/mol. The van der Waals surface area contributed by atoms with Crippen molar-refractivity contribution in [3.63, 3.8) is 0 Å². The largest absolute Gasteiger partial charge is 0.471 e. The Morgan fingerprint density at radius 3 is 2.64 bits per heavy atom. The Morgan fingerprint density at radius 1 is 1.15 bits per heavy atom. The zero-order chi connectivity index (χ0) is 27.9. The molecular formula is C26H26ClF3N6O3. The number of carbonyl (C=O) groups is 1. The molecule has 1 aliphatic rings. The van der Waals surface area contributed by atoms with E-state index in [4.69, 9.17) is 11.6 Å². The first-order valence-corrected chi connectivity index (χ1v) is 12.8. The van der Waals surface area contributed by atoms with Crippen LogP contribution in [0.25, 0.3) is 21.9 Å². The van der Waals surface area contributed by atoms with Crippen LogP contribution in [-0.4, -0.2) is 71.5 Å². The first kappa shape index (κ1) is 27.1. The van der Waals surface area contributed by atoms with Gasteiger partial charge in [0.05, 0.1) is 18.4 Å². The van der Waals surface area contributed by atoms with Gasteiger partial charge in [-0.3, -0.25) is 4.79 Å². The number of hydrogen-bond donors (Lipinski definition) is 3. The minimum atomic E-state index is -5.11. The molecule has 1 fully saturated rings. The Kier molecular flexibility index (Phi) is 7.36. The quantitative estimate of drug-likeness (QED) is 0.291. The van der Waals surface area contributed by atoms with E-state index >= 15 is 0 Å². The monoisotopic (exact) mass is 562 g/mol. The molecule has 3 N–H and O–H groups in total. The molecule has 9 nitrogen and oxygen atoms in total. The van der Waals surface area contributed by atoms with Gasteiger partial charge in [0, 0.05) is 13.1 Å². The van der Waals surface area contributed by atoms with E-state index in [1.165, 1.54) is 10.9 Å². The van der Waals surface area contributed by atoms with Crippen molar-refractivity contribution in [3.05, 3.63) is 59.6 Å². The molecule has 0 bridgehead atoms. The molecule has 1 aliphatic carbocycles. The number of aromatic nitrogens is 4. The van der Waals surface area contributed by atoms with Crippen LogP contribution in [0.3, 0.4) is 0 Å². The van der Waals surface area contributed by atoms with Crippen molar-refractivity contribution < 1.29 is 28.2 Å². The van der Waals surface area contributed by atoms with Crippen molar-refractivity contribution in [2.45, 2.75) is 56.8 Å². The van der Waals surface area contributed by atoms with E-state index in [2.05, 4.69) is 20.3 Å². The second-order valence-electron chi connectivity index (χ2n) is 9.51. The number of halogens is 4. The van der Waals surface area contributed by atoms with Crippen LogP contribution in [0.2, 0.25) is 5.28 Å². The summed E-state index contributed by atoms with van der Waals surface area (Å²) in [5, 5.41) is 26.8. The molecule has 0 spiro atoms. The second-order valence-corrected chi connectivity index (χ2v) is 9.84. The van der Waals surface area contributed by atoms with Crippen molar-refractivity contribution in [2.24, 2.45) is 0 Å². The normalized spacial score (nSPS) is 21.5. The Morgan fingerprint density at radius 2 is 1.90 bits per heavy atom. The van der Waals surface area contributed by atoms with Crippen LogP contribution >= 0.6 is 11.6 Å². The molecule has 0 unspecified atom stereocenters. The van der Waals surface area contributed by atoms with E-state index < -0.39 is 36.4 Å². The number of nitrogens with one attached hydrogen (secondary N) is 1. The predicted octanol–water partition coefficient (Wildman–Crippen LogP) is 4.08. The third-order valence-corrected chi connectivity index (χ3v) is 7.24. The van der Waals surface area contributed by atoms with E-state index in [0.29, 0.717) is 22.8 Å².